The van der Waals surface area contributed by atoms with E-state index in [-0.39, 0.29) is 22.5 Å². The molecule has 0 saturated carbocycles. The quantitative estimate of drug-likeness (QED) is 0.348. The molecule has 1 aromatic heterocycles. The second kappa shape index (κ2) is 13.7. The molecule has 2 amide bonds. The van der Waals surface area contributed by atoms with Crippen LogP contribution in [-0.2, 0) is 14.8 Å². The summed E-state index contributed by atoms with van der Waals surface area (Å²) in [4.78, 5) is 33.7. The highest BCUT2D eigenvalue weighted by Gasteiger charge is 2.27. The average Bonchev–Trinajstić information content (AvgIpc) is 3.60. The molecular formula is C31H34N6O6S. The number of rotatable bonds is 9. The van der Waals surface area contributed by atoms with Crippen molar-refractivity contribution >= 4 is 33.2 Å². The Labute approximate surface area is 256 Å². The summed E-state index contributed by atoms with van der Waals surface area (Å²) < 4.78 is 37.8. The summed E-state index contributed by atoms with van der Waals surface area (Å²) in [6, 6.07) is 16.7. The van der Waals surface area contributed by atoms with Gasteiger partial charge in [0.1, 0.15) is 5.82 Å². The van der Waals surface area contributed by atoms with Crippen LogP contribution in [0, 0.1) is 0 Å². The van der Waals surface area contributed by atoms with Gasteiger partial charge in [-0.2, -0.15) is 4.31 Å². The normalized spacial score (nSPS) is 16.7. The lowest BCUT2D eigenvalue weighted by Crippen LogP contribution is -2.50. The molecule has 3 aromatic rings. The zero-order chi connectivity index (χ0) is 31.1. The fourth-order valence-electron chi connectivity index (χ4n) is 4.91. The fraction of sp³-hybridized carbons (Fsp3) is 0.258. The third-order valence-electron chi connectivity index (χ3n) is 7.27. The van der Waals surface area contributed by atoms with Gasteiger partial charge in [-0.15, -0.1) is 0 Å². The van der Waals surface area contributed by atoms with Gasteiger partial charge in [-0.1, -0.05) is 18.7 Å². The minimum atomic E-state index is -3.62. The van der Waals surface area contributed by atoms with E-state index in [0.29, 0.717) is 80.8 Å². The van der Waals surface area contributed by atoms with Crippen molar-refractivity contribution in [1.29, 1.82) is 0 Å². The lowest BCUT2D eigenvalue weighted by molar-refractivity contribution is 0.0518. The zero-order valence-corrected chi connectivity index (χ0v) is 24.9. The summed E-state index contributed by atoms with van der Waals surface area (Å²) in [6.07, 6.45) is 4.41. The summed E-state index contributed by atoms with van der Waals surface area (Å²) in [5, 5.41) is 3.11. The van der Waals surface area contributed by atoms with Crippen molar-refractivity contribution < 1.29 is 27.2 Å². The van der Waals surface area contributed by atoms with Crippen molar-refractivity contribution in [3.8, 4) is 0 Å². The minimum absolute atomic E-state index is 0.118. The summed E-state index contributed by atoms with van der Waals surface area (Å²) in [5.74, 6) is 0.310. The van der Waals surface area contributed by atoms with Gasteiger partial charge in [0.15, 0.2) is 5.76 Å². The number of anilines is 1. The molecule has 12 nitrogen and oxygen atoms in total. The van der Waals surface area contributed by atoms with Crippen molar-refractivity contribution in [3.05, 3.63) is 108 Å². The van der Waals surface area contributed by atoms with E-state index in [1.165, 1.54) is 16.8 Å². The van der Waals surface area contributed by atoms with Crippen molar-refractivity contribution in [2.24, 2.45) is 10.7 Å². The number of carbonyl (C=O) groups is 2. The minimum Gasteiger partial charge on any atom is -0.459 e. The third-order valence-corrected chi connectivity index (χ3v) is 9.19. The topological polar surface area (TPSA) is 151 Å². The van der Waals surface area contributed by atoms with E-state index in [1.807, 2.05) is 0 Å². The van der Waals surface area contributed by atoms with Gasteiger partial charge in [-0.25, -0.2) is 13.4 Å². The van der Waals surface area contributed by atoms with Gasteiger partial charge in [0.25, 0.3) is 11.8 Å². The molecule has 0 radical (unpaired) electrons. The maximum Gasteiger partial charge on any atom is 0.289 e. The molecule has 3 N–H and O–H groups in total. The molecule has 230 valence electrons. The number of hydrogen-bond acceptors (Lipinski definition) is 9. The van der Waals surface area contributed by atoms with Crippen molar-refractivity contribution in [3.63, 3.8) is 0 Å². The number of furan rings is 1. The number of aliphatic imine (C=N–C) groups is 1. The van der Waals surface area contributed by atoms with Gasteiger partial charge in [0.05, 0.1) is 30.1 Å². The van der Waals surface area contributed by atoms with E-state index in [2.05, 4.69) is 16.9 Å². The highest BCUT2D eigenvalue weighted by molar-refractivity contribution is 7.89. The first-order valence-electron chi connectivity index (χ1n) is 14.1. The van der Waals surface area contributed by atoms with Crippen LogP contribution < -0.4 is 11.1 Å². The molecule has 2 aliphatic rings. The van der Waals surface area contributed by atoms with E-state index in [9.17, 15) is 18.0 Å². The smallest absolute Gasteiger partial charge is 0.289 e. The van der Waals surface area contributed by atoms with Crippen molar-refractivity contribution in [1.82, 2.24) is 14.1 Å². The number of ether oxygens (including phenoxy) is 1. The van der Waals surface area contributed by atoms with Crippen LogP contribution in [0.2, 0.25) is 0 Å². The van der Waals surface area contributed by atoms with Crippen LogP contribution in [0.15, 0.2) is 106 Å². The summed E-state index contributed by atoms with van der Waals surface area (Å²) >= 11 is 0. The molecule has 13 heteroatoms. The van der Waals surface area contributed by atoms with Crippen LogP contribution >= 0.6 is 0 Å². The van der Waals surface area contributed by atoms with E-state index in [4.69, 9.17) is 14.9 Å². The van der Waals surface area contributed by atoms with E-state index in [1.54, 1.807) is 76.5 Å². The number of nitrogens with zero attached hydrogens (tertiary/aromatic N) is 4. The summed E-state index contributed by atoms with van der Waals surface area (Å²) in [5.41, 5.74) is 7.99. The number of nitrogens with one attached hydrogen (secondary N) is 1. The molecule has 3 heterocycles. The molecule has 5 rings (SSSR count). The third kappa shape index (κ3) is 7.08. The van der Waals surface area contributed by atoms with Gasteiger partial charge in [-0.05, 0) is 60.8 Å². The molecule has 0 spiro atoms. The van der Waals surface area contributed by atoms with Gasteiger partial charge >= 0.3 is 0 Å². The molecule has 44 heavy (non-hydrogen) atoms. The maximum atomic E-state index is 13.1. The van der Waals surface area contributed by atoms with Crippen LogP contribution in [0.25, 0.3) is 0 Å². The van der Waals surface area contributed by atoms with Crippen LogP contribution in [0.3, 0.4) is 0 Å². The van der Waals surface area contributed by atoms with Crippen LogP contribution in [0.5, 0.6) is 0 Å². The largest absolute Gasteiger partial charge is 0.459 e. The first-order valence-corrected chi connectivity index (χ1v) is 15.5. The predicted molar refractivity (Wildman–Crippen MR) is 166 cm³/mol. The number of hydrogen-bond donors (Lipinski definition) is 2. The molecular weight excluding hydrogens is 584 g/mol. The number of carbonyl (C=O) groups excluding carboxylic acids is 2. The Bertz CT molecular complexity index is 1640. The Balaban J connectivity index is 1.18. The number of morpholine rings is 1. The van der Waals surface area contributed by atoms with E-state index >= 15 is 0 Å². The number of allylic oxidation sites excluding steroid dienone is 1. The monoisotopic (exact) mass is 618 g/mol. The zero-order valence-electron chi connectivity index (χ0n) is 24.1. The number of nitrogens with two attached hydrogens (primary N) is 1. The lowest BCUT2D eigenvalue weighted by atomic mass is 10.1. The Hall–Kier alpha value is -4.72. The molecule has 0 bridgehead atoms. The lowest BCUT2D eigenvalue weighted by Gasteiger charge is -2.34. The maximum absolute atomic E-state index is 13.1. The molecule has 0 unspecified atom stereocenters. The molecule has 2 saturated heterocycles. The van der Waals surface area contributed by atoms with E-state index < -0.39 is 10.0 Å². The predicted octanol–water partition coefficient (Wildman–Crippen LogP) is 2.74. The summed E-state index contributed by atoms with van der Waals surface area (Å²) in [7, 11) is -3.62. The SMILES string of the molecule is C=C(N=C(/C=C\N)c1ccc(S(=O)(=O)N2CCOCC2)cc1)Nc1ccc(C(=O)N2CCN(C(=O)c3ccco3)CC2)cc1. The Kier molecular flexibility index (Phi) is 9.58. The first kappa shape index (κ1) is 30.7. The van der Waals surface area contributed by atoms with Gasteiger partial charge in [0, 0.05) is 56.1 Å². The second-order valence-corrected chi connectivity index (χ2v) is 12.0. The van der Waals surface area contributed by atoms with Gasteiger partial charge in [-0.3, -0.25) is 9.59 Å². The van der Waals surface area contributed by atoms with Crippen LogP contribution in [0.1, 0.15) is 26.5 Å². The highest BCUT2D eigenvalue weighted by Crippen LogP contribution is 2.20. The molecule has 2 aliphatic heterocycles. The molecule has 2 aromatic carbocycles. The molecule has 2 fully saturated rings. The second-order valence-electron chi connectivity index (χ2n) is 10.1. The number of sulfonamides is 1. The van der Waals surface area contributed by atoms with Crippen LogP contribution in [0.4, 0.5) is 5.69 Å². The molecule has 0 atom stereocenters. The number of piperazine rings is 1. The van der Waals surface area contributed by atoms with Gasteiger partial charge in [0.2, 0.25) is 10.0 Å². The van der Waals surface area contributed by atoms with Crippen molar-refractivity contribution in [2.75, 3.05) is 57.8 Å². The van der Waals surface area contributed by atoms with Crippen molar-refractivity contribution in [2.45, 2.75) is 4.90 Å². The number of amides is 2. The average molecular weight is 619 g/mol. The molecule has 0 aliphatic carbocycles. The Morgan fingerprint density at radius 3 is 2.07 bits per heavy atom. The van der Waals surface area contributed by atoms with E-state index in [0.717, 1.165) is 0 Å². The first-order chi connectivity index (χ1) is 21.3. The Morgan fingerprint density at radius 1 is 0.864 bits per heavy atom. The Morgan fingerprint density at radius 2 is 1.48 bits per heavy atom. The fourth-order valence-corrected chi connectivity index (χ4v) is 6.32. The van der Waals surface area contributed by atoms with Crippen LogP contribution in [-0.4, -0.2) is 92.5 Å². The summed E-state index contributed by atoms with van der Waals surface area (Å²) in [6.45, 7) is 7.07. The standard InChI is InChI=1S/C31H34N6O6S/c1-23(34-28(12-13-32)24-6-10-27(11-7-24)44(40,41)37-18-21-42-22-19-37)33-26-8-4-25(5-9-26)30(38)35-14-16-36(17-15-35)31(39)29-3-2-20-43-29/h2-13,20,33H,1,14-19,21-22,32H2/b13-12-,34-28?. The van der Waals surface area contributed by atoms with Gasteiger partial charge < -0.3 is 30.0 Å². The highest BCUT2D eigenvalue weighted by atomic mass is 32.2. The number of benzene rings is 2.